The van der Waals surface area contributed by atoms with Crippen LogP contribution in [0.15, 0.2) is 0 Å². The Hall–Kier alpha value is 1.73. The topological polar surface area (TPSA) is 0 Å². The van der Waals surface area contributed by atoms with Crippen molar-refractivity contribution in [2.45, 2.75) is 116 Å². The molecule has 0 amide bonds. The molecule has 0 spiro atoms. The van der Waals surface area contributed by atoms with Crippen molar-refractivity contribution < 1.29 is 0 Å². The molecule has 0 aliphatic heterocycles. The molecule has 0 nitrogen and oxygen atoms in total. The summed E-state index contributed by atoms with van der Waals surface area (Å²) in [4.78, 5) is 0. The van der Waals surface area contributed by atoms with Crippen LogP contribution in [-0.4, -0.2) is 55.6 Å². The first-order chi connectivity index (χ1) is 11.2. The summed E-state index contributed by atoms with van der Waals surface area (Å²) < 4.78 is 0. The van der Waals surface area contributed by atoms with Gasteiger partial charge in [-0.1, -0.05) is 12.7 Å². The van der Waals surface area contributed by atoms with E-state index in [1.54, 1.807) is 25.7 Å². The first-order valence-electron chi connectivity index (χ1n) is 10.9. The fourth-order valence-electron chi connectivity index (χ4n) is 6.29. The molecular weight excluding hydrogens is 415 g/mol. The third-order valence-electron chi connectivity index (χ3n) is 8.70. The van der Waals surface area contributed by atoms with Crippen LogP contribution in [0.5, 0.6) is 0 Å². The van der Waals surface area contributed by atoms with Gasteiger partial charge in [0.2, 0.25) is 31.0 Å². The lowest BCUT2D eigenvalue weighted by molar-refractivity contribution is 0.519. The molecule has 0 aromatic rings. The minimum atomic E-state index is -1.08. The molecule has 1 saturated carbocycles. The van der Waals surface area contributed by atoms with Crippen molar-refractivity contribution in [1.82, 2.24) is 0 Å². The second-order valence-corrected chi connectivity index (χ2v) is 66.4. The van der Waals surface area contributed by atoms with Crippen molar-refractivity contribution >= 4 is 43.7 Å². The smallest absolute Gasteiger partial charge is 0.0567 e. The molecule has 1 fully saturated rings. The minimum Gasteiger partial charge on any atom is -0.0567 e. The van der Waals surface area contributed by atoms with Crippen LogP contribution in [0.3, 0.4) is 0 Å². The van der Waals surface area contributed by atoms with Crippen LogP contribution in [0.25, 0.3) is 0 Å². The molecule has 0 aromatic heterocycles. The Labute approximate surface area is 172 Å². The van der Waals surface area contributed by atoms with E-state index in [0.29, 0.717) is 0 Å². The lowest BCUT2D eigenvalue weighted by atomic mass is 10.00. The summed E-state index contributed by atoms with van der Waals surface area (Å²) in [5.74, 6) is 0. The van der Waals surface area contributed by atoms with Crippen molar-refractivity contribution in [3.8, 4) is 0 Å². The van der Waals surface area contributed by atoms with E-state index in [9.17, 15) is 0 Å². The molecule has 156 valence electrons. The first-order valence-corrected chi connectivity index (χ1v) is 32.9. The third kappa shape index (κ3) is 4.41. The van der Waals surface area contributed by atoms with Crippen LogP contribution in [0.4, 0.5) is 0 Å². The Bertz CT molecular complexity index is 410. The molecule has 1 aliphatic carbocycles. The zero-order valence-corrected chi connectivity index (χ0v) is 26.7. The van der Waals surface area contributed by atoms with Crippen molar-refractivity contribution in [2.24, 2.45) is 0 Å². The van der Waals surface area contributed by atoms with Crippen LogP contribution in [0, 0.1) is 0 Å². The molecule has 0 radical (unpaired) electrons. The predicted octanol–water partition coefficient (Wildman–Crippen LogP) is 8.93. The van der Waals surface area contributed by atoms with Gasteiger partial charge in [-0.2, -0.15) is 0 Å². The van der Waals surface area contributed by atoms with Crippen molar-refractivity contribution in [3.63, 3.8) is 0 Å². The Morgan fingerprint density at radius 2 is 0.577 bits per heavy atom. The molecule has 1 aliphatic rings. The molecule has 0 heterocycles. The molecule has 0 aromatic carbocycles. The minimum absolute atomic E-state index is 0.760. The Balaban J connectivity index is 3.16. The van der Waals surface area contributed by atoms with Gasteiger partial charge in [0.25, 0.3) is 0 Å². The van der Waals surface area contributed by atoms with Gasteiger partial charge >= 0.3 is 0 Å². The summed E-state index contributed by atoms with van der Waals surface area (Å²) in [5, 5.41) is 0. The molecular formula is C20H52P2Si4+2. The van der Waals surface area contributed by atoms with Gasteiger partial charge in [-0.15, -0.1) is 0 Å². The van der Waals surface area contributed by atoms with E-state index in [-0.39, 0.29) is 0 Å². The van der Waals surface area contributed by atoms with E-state index in [4.69, 9.17) is 0 Å². The van der Waals surface area contributed by atoms with E-state index in [1.165, 1.54) is 0 Å². The molecule has 0 saturated heterocycles. The molecule has 0 unspecified atom stereocenters. The summed E-state index contributed by atoms with van der Waals surface area (Å²) in [6, 6.07) is 0. The molecule has 6 heteroatoms. The van der Waals surface area contributed by atoms with E-state index >= 15 is 0 Å². The van der Waals surface area contributed by atoms with Crippen LogP contribution in [0.2, 0.25) is 78.6 Å². The number of hydrogen-bond donors (Lipinski definition) is 0. The first kappa shape index (κ1) is 25.8. The lowest BCUT2D eigenvalue weighted by Crippen LogP contribution is -2.49. The second-order valence-electron chi connectivity index (χ2n) is 13.3. The molecule has 1 rings (SSSR count). The highest BCUT2D eigenvalue weighted by Crippen LogP contribution is 2.79. The third-order valence-corrected chi connectivity index (χ3v) is 85.8. The van der Waals surface area contributed by atoms with Crippen LogP contribution >= 0.6 is 12.7 Å². The van der Waals surface area contributed by atoms with Gasteiger partial charge in [-0.05, 0) is 104 Å². The quantitative estimate of drug-likeness (QED) is 0.271. The Morgan fingerprint density at radius 3 is 0.692 bits per heavy atom. The zero-order chi connectivity index (χ0) is 21.0. The maximum absolute atomic E-state index is 2.85. The van der Waals surface area contributed by atoms with Gasteiger partial charge in [-0.25, -0.2) is 0 Å². The van der Waals surface area contributed by atoms with E-state index < -0.39 is 43.7 Å². The van der Waals surface area contributed by atoms with Gasteiger partial charge in [-0.3, -0.25) is 0 Å². The molecule has 0 atom stereocenters. The Morgan fingerprint density at radius 1 is 0.423 bits per heavy atom. The highest BCUT2D eigenvalue weighted by Gasteiger charge is 2.64. The summed E-state index contributed by atoms with van der Waals surface area (Å²) >= 11 is 0. The maximum atomic E-state index is 2.85. The van der Waals surface area contributed by atoms with Crippen LogP contribution in [-0.2, 0) is 0 Å². The van der Waals surface area contributed by atoms with Crippen LogP contribution < -0.4 is 0 Å². The molecule has 26 heavy (non-hydrogen) atoms. The predicted molar refractivity (Wildman–Crippen MR) is 145 cm³/mol. The maximum Gasteiger partial charge on any atom is 0.208 e. The number of hydrogen-bond acceptors (Lipinski definition) is 0. The van der Waals surface area contributed by atoms with E-state index in [1.807, 2.05) is 0 Å². The van der Waals surface area contributed by atoms with Crippen LogP contribution in [0.1, 0.15) is 25.7 Å². The SMILES string of the molecule is C[Si](C)(C)[P+](C)(C1CCC([P+](C)([Si](C)(C)C)[Si](C)(C)C)CC1)[Si](C)(C)C. The average Bonchev–Trinajstić information content (AvgIpc) is 2.40. The summed E-state index contributed by atoms with van der Waals surface area (Å²) in [5.41, 5.74) is 2.24. The summed E-state index contributed by atoms with van der Waals surface area (Å²) in [6.45, 7) is 38.3. The zero-order valence-electron chi connectivity index (χ0n) is 20.9. The van der Waals surface area contributed by atoms with Gasteiger partial charge in [0.1, 0.15) is 0 Å². The van der Waals surface area contributed by atoms with Crippen molar-refractivity contribution in [1.29, 1.82) is 0 Å². The number of rotatable bonds is 6. The monoisotopic (exact) mass is 466 g/mol. The normalized spacial score (nSPS) is 24.7. The van der Waals surface area contributed by atoms with Gasteiger partial charge in [0.05, 0.1) is 0 Å². The van der Waals surface area contributed by atoms with E-state index in [2.05, 4.69) is 91.9 Å². The average molecular weight is 467 g/mol. The van der Waals surface area contributed by atoms with Crippen molar-refractivity contribution in [3.05, 3.63) is 0 Å². The van der Waals surface area contributed by atoms with E-state index in [0.717, 1.165) is 11.3 Å². The Kier molecular flexibility index (Phi) is 7.70. The highest BCUT2D eigenvalue weighted by atomic mass is 31.7. The summed E-state index contributed by atoms with van der Waals surface area (Å²) in [6.07, 6.45) is 4.85. The lowest BCUT2D eigenvalue weighted by Gasteiger charge is -2.53. The fraction of sp³-hybridized carbons (Fsp3) is 1.00. The van der Waals surface area contributed by atoms with Gasteiger partial charge < -0.3 is 0 Å². The fourth-order valence-corrected chi connectivity index (χ4v) is 81.9. The highest BCUT2D eigenvalue weighted by molar-refractivity contribution is 8.30. The largest absolute Gasteiger partial charge is 0.208 e. The summed E-state index contributed by atoms with van der Waals surface area (Å²) in [7, 11) is -4.30. The molecule has 0 N–H and O–H groups in total. The van der Waals surface area contributed by atoms with Gasteiger partial charge in [0.15, 0.2) is 0 Å². The second kappa shape index (κ2) is 7.77. The standard InChI is InChI=1S/C20H52P2Si4/c1-21(23(3,4)5,24(6,7)8)19-15-17-20(18-16-19)22(2,25(9,10)11)26(12,13)14/h19-20H,15-18H2,1-14H3/q+2. The van der Waals surface area contributed by atoms with Crippen molar-refractivity contribution in [2.75, 3.05) is 13.3 Å². The molecule has 0 bridgehead atoms. The van der Waals surface area contributed by atoms with Gasteiger partial charge in [0, 0.05) is 24.6 Å².